The maximum Gasteiger partial charge on any atom is 0.0909 e. The van der Waals surface area contributed by atoms with Crippen LogP contribution in [0.5, 0.6) is 0 Å². The summed E-state index contributed by atoms with van der Waals surface area (Å²) in [6.45, 7) is 6.06. The van der Waals surface area contributed by atoms with Crippen molar-refractivity contribution in [1.29, 1.82) is 0 Å². The van der Waals surface area contributed by atoms with E-state index in [0.29, 0.717) is 11.9 Å². The summed E-state index contributed by atoms with van der Waals surface area (Å²) >= 11 is 1.90. The third-order valence-electron chi connectivity index (χ3n) is 0.987. The average molecular weight is 160 g/mol. The zero-order valence-electron chi connectivity index (χ0n) is 6.92. The zero-order valence-corrected chi connectivity index (χ0v) is 7.74. The number of thioether (sulfide) groups is 1. The van der Waals surface area contributed by atoms with Crippen LogP contribution in [-0.2, 0) is 0 Å². The van der Waals surface area contributed by atoms with Gasteiger partial charge in [0.25, 0.3) is 0 Å². The molecule has 10 heavy (non-hydrogen) atoms. The summed E-state index contributed by atoms with van der Waals surface area (Å²) in [5.41, 5.74) is 5.41. The Labute approximate surface area is 67.3 Å². The topological polar surface area (TPSA) is 38.4 Å². The van der Waals surface area contributed by atoms with E-state index in [-0.39, 0.29) is 0 Å². The Morgan fingerprint density at radius 2 is 2.30 bits per heavy atom. The van der Waals surface area contributed by atoms with E-state index < -0.39 is 0 Å². The quantitative estimate of drug-likeness (QED) is 0.500. The number of nitrogens with two attached hydrogens (primary N) is 1. The van der Waals surface area contributed by atoms with Gasteiger partial charge in [0.2, 0.25) is 0 Å². The third kappa shape index (κ3) is 5.95. The van der Waals surface area contributed by atoms with Gasteiger partial charge < -0.3 is 5.73 Å². The third-order valence-corrected chi connectivity index (χ3v) is 2.11. The fourth-order valence-electron chi connectivity index (χ4n) is 0.673. The van der Waals surface area contributed by atoms with Gasteiger partial charge in [0, 0.05) is 5.75 Å². The SMILES string of the molecule is CCSCC(C)N=C(C)N. The Kier molecular flexibility index (Phi) is 5.49. The molecule has 0 saturated heterocycles. The lowest BCUT2D eigenvalue weighted by atomic mass is 10.4. The Hall–Kier alpha value is -0.180. The molecule has 0 heterocycles. The van der Waals surface area contributed by atoms with Crippen LogP contribution >= 0.6 is 11.8 Å². The second-order valence-electron chi connectivity index (χ2n) is 2.28. The van der Waals surface area contributed by atoms with Crippen LogP contribution in [0.4, 0.5) is 0 Å². The molecule has 0 aromatic rings. The molecule has 0 aromatic carbocycles. The Morgan fingerprint density at radius 3 is 2.70 bits per heavy atom. The van der Waals surface area contributed by atoms with E-state index in [1.807, 2.05) is 18.7 Å². The highest BCUT2D eigenvalue weighted by Gasteiger charge is 1.96. The second-order valence-corrected chi connectivity index (χ2v) is 3.60. The summed E-state index contributed by atoms with van der Waals surface area (Å²) in [6.07, 6.45) is 0. The molecule has 2 N–H and O–H groups in total. The highest BCUT2D eigenvalue weighted by molar-refractivity contribution is 7.99. The molecule has 0 rings (SSSR count). The lowest BCUT2D eigenvalue weighted by Gasteiger charge is -2.04. The summed E-state index contributed by atoms with van der Waals surface area (Å²) < 4.78 is 0. The first-order chi connectivity index (χ1) is 4.66. The fraction of sp³-hybridized carbons (Fsp3) is 0.857. The molecule has 0 aliphatic rings. The minimum Gasteiger partial charge on any atom is -0.388 e. The maximum atomic E-state index is 5.41. The summed E-state index contributed by atoms with van der Waals surface area (Å²) in [5.74, 6) is 2.92. The first-order valence-corrected chi connectivity index (χ1v) is 4.70. The van der Waals surface area contributed by atoms with E-state index in [0.717, 1.165) is 11.5 Å². The lowest BCUT2D eigenvalue weighted by molar-refractivity contribution is 0.845. The molecule has 0 amide bonds. The van der Waals surface area contributed by atoms with Crippen molar-refractivity contribution in [3.8, 4) is 0 Å². The van der Waals surface area contributed by atoms with E-state index in [1.165, 1.54) is 0 Å². The van der Waals surface area contributed by atoms with Crippen molar-refractivity contribution in [3.05, 3.63) is 0 Å². The molecule has 3 heteroatoms. The van der Waals surface area contributed by atoms with E-state index in [9.17, 15) is 0 Å². The smallest absolute Gasteiger partial charge is 0.0909 e. The van der Waals surface area contributed by atoms with Crippen LogP contribution in [0.2, 0.25) is 0 Å². The molecule has 0 fully saturated rings. The van der Waals surface area contributed by atoms with E-state index in [4.69, 9.17) is 5.73 Å². The van der Waals surface area contributed by atoms with Gasteiger partial charge in [0.1, 0.15) is 0 Å². The molecule has 1 unspecified atom stereocenters. The maximum absolute atomic E-state index is 5.41. The molecule has 0 spiro atoms. The lowest BCUT2D eigenvalue weighted by Crippen LogP contribution is -2.12. The number of hydrogen-bond donors (Lipinski definition) is 1. The molecule has 0 aliphatic carbocycles. The standard InChI is InChI=1S/C7H16N2S/c1-4-10-5-6(2)9-7(3)8/h6H,4-5H2,1-3H3,(H2,8,9). The van der Waals surface area contributed by atoms with Crippen molar-refractivity contribution in [2.45, 2.75) is 26.8 Å². The van der Waals surface area contributed by atoms with Crippen molar-refractivity contribution >= 4 is 17.6 Å². The van der Waals surface area contributed by atoms with Gasteiger partial charge in [0.15, 0.2) is 0 Å². The Bertz CT molecular complexity index is 108. The monoisotopic (exact) mass is 160 g/mol. The minimum atomic E-state index is 0.370. The van der Waals surface area contributed by atoms with Crippen LogP contribution in [0.25, 0.3) is 0 Å². The number of amidine groups is 1. The molecule has 2 nitrogen and oxygen atoms in total. The van der Waals surface area contributed by atoms with Crippen molar-refractivity contribution in [1.82, 2.24) is 0 Å². The van der Waals surface area contributed by atoms with Crippen LogP contribution < -0.4 is 5.73 Å². The van der Waals surface area contributed by atoms with Gasteiger partial charge in [-0.15, -0.1) is 0 Å². The summed E-state index contributed by atoms with van der Waals surface area (Å²) in [5, 5.41) is 0. The number of rotatable bonds is 4. The Morgan fingerprint density at radius 1 is 1.70 bits per heavy atom. The summed E-state index contributed by atoms with van der Waals surface area (Å²) in [6, 6.07) is 0.370. The van der Waals surface area contributed by atoms with Gasteiger partial charge in [-0.05, 0) is 19.6 Å². The van der Waals surface area contributed by atoms with Gasteiger partial charge in [-0.25, -0.2) is 0 Å². The normalized spacial score (nSPS) is 15.3. The van der Waals surface area contributed by atoms with Crippen molar-refractivity contribution < 1.29 is 0 Å². The minimum absolute atomic E-state index is 0.370. The number of nitrogens with zero attached hydrogens (tertiary/aromatic N) is 1. The van der Waals surface area contributed by atoms with Crippen LogP contribution in [0, 0.1) is 0 Å². The molecular weight excluding hydrogens is 144 g/mol. The number of aliphatic imine (C=N–C) groups is 1. The predicted octanol–water partition coefficient (Wildman–Crippen LogP) is 1.51. The van der Waals surface area contributed by atoms with Gasteiger partial charge in [-0.1, -0.05) is 6.92 Å². The predicted molar refractivity (Wildman–Crippen MR) is 49.8 cm³/mol. The summed E-state index contributed by atoms with van der Waals surface area (Å²) in [7, 11) is 0. The van der Waals surface area contributed by atoms with Gasteiger partial charge in [-0.3, -0.25) is 4.99 Å². The first-order valence-electron chi connectivity index (χ1n) is 3.54. The molecule has 0 aliphatic heterocycles. The average Bonchev–Trinajstić information content (AvgIpc) is 1.82. The molecule has 1 atom stereocenters. The van der Waals surface area contributed by atoms with Crippen molar-refractivity contribution in [2.24, 2.45) is 10.7 Å². The highest BCUT2D eigenvalue weighted by atomic mass is 32.2. The Balaban J connectivity index is 3.43. The van der Waals surface area contributed by atoms with Crippen LogP contribution in [0.1, 0.15) is 20.8 Å². The summed E-state index contributed by atoms with van der Waals surface area (Å²) in [4.78, 5) is 4.19. The molecule has 0 saturated carbocycles. The van der Waals surface area contributed by atoms with Crippen LogP contribution in [0.3, 0.4) is 0 Å². The molecule has 60 valence electrons. The largest absolute Gasteiger partial charge is 0.388 e. The number of hydrogen-bond acceptors (Lipinski definition) is 2. The molecule has 0 aromatic heterocycles. The first kappa shape index (κ1) is 9.82. The van der Waals surface area contributed by atoms with Gasteiger partial charge in [-0.2, -0.15) is 11.8 Å². The highest BCUT2D eigenvalue weighted by Crippen LogP contribution is 2.03. The fourth-order valence-corrected chi connectivity index (χ4v) is 1.32. The van der Waals surface area contributed by atoms with Gasteiger partial charge >= 0.3 is 0 Å². The van der Waals surface area contributed by atoms with Crippen LogP contribution in [0.15, 0.2) is 4.99 Å². The van der Waals surface area contributed by atoms with Crippen molar-refractivity contribution in [2.75, 3.05) is 11.5 Å². The molecule has 0 bridgehead atoms. The van der Waals surface area contributed by atoms with E-state index in [1.54, 1.807) is 0 Å². The van der Waals surface area contributed by atoms with Gasteiger partial charge in [0.05, 0.1) is 11.9 Å². The van der Waals surface area contributed by atoms with E-state index >= 15 is 0 Å². The van der Waals surface area contributed by atoms with Crippen LogP contribution in [-0.4, -0.2) is 23.4 Å². The van der Waals surface area contributed by atoms with E-state index in [2.05, 4.69) is 18.8 Å². The second kappa shape index (κ2) is 5.59. The zero-order chi connectivity index (χ0) is 7.98. The van der Waals surface area contributed by atoms with Crippen molar-refractivity contribution in [3.63, 3.8) is 0 Å². The molecular formula is C7H16N2S. The molecule has 0 radical (unpaired) electrons.